The number of rotatable bonds is 2. The fourth-order valence-corrected chi connectivity index (χ4v) is 3.34. The quantitative estimate of drug-likeness (QED) is 0.570. The van der Waals surface area contributed by atoms with Crippen molar-refractivity contribution in [2.75, 3.05) is 7.11 Å². The molecule has 0 bridgehead atoms. The molecule has 4 rings (SSSR count). The van der Waals surface area contributed by atoms with Crippen LogP contribution in [0.3, 0.4) is 0 Å². The summed E-state index contributed by atoms with van der Waals surface area (Å²) in [5, 5.41) is 1.11. The second-order valence-corrected chi connectivity index (χ2v) is 6.07. The van der Waals surface area contributed by atoms with Crippen LogP contribution in [0, 0.1) is 6.92 Å². The van der Waals surface area contributed by atoms with E-state index in [1.165, 1.54) is 0 Å². The molecule has 116 valence electrons. The van der Waals surface area contributed by atoms with Gasteiger partial charge in [0.05, 0.1) is 29.6 Å². The lowest BCUT2D eigenvalue weighted by Gasteiger charge is -2.15. The lowest BCUT2D eigenvalue weighted by atomic mass is 10.0. The SMILES string of the molecule is COC(C)c1cc2n(c(=O)c1C)Cc1cc3ccccc3nc1-2. The number of methoxy groups -OCH3 is 1. The van der Waals surface area contributed by atoms with Crippen LogP contribution in [0.25, 0.3) is 22.3 Å². The average Bonchev–Trinajstić information content (AvgIpc) is 2.93. The third kappa shape index (κ3) is 2.02. The van der Waals surface area contributed by atoms with Crippen LogP contribution in [0.4, 0.5) is 0 Å². The van der Waals surface area contributed by atoms with Crippen LogP contribution in [0.5, 0.6) is 0 Å². The first-order valence-electron chi connectivity index (χ1n) is 7.76. The monoisotopic (exact) mass is 306 g/mol. The molecular formula is C19H18N2O2. The van der Waals surface area contributed by atoms with Gasteiger partial charge in [0.1, 0.15) is 0 Å². The molecule has 3 aromatic rings. The van der Waals surface area contributed by atoms with Gasteiger partial charge < -0.3 is 9.30 Å². The molecule has 1 aliphatic rings. The summed E-state index contributed by atoms with van der Waals surface area (Å²) in [4.78, 5) is 17.5. The number of ether oxygens (including phenoxy) is 1. The maximum atomic E-state index is 12.7. The molecule has 0 N–H and O–H groups in total. The van der Waals surface area contributed by atoms with Crippen molar-refractivity contribution in [2.45, 2.75) is 26.5 Å². The Labute approximate surface area is 134 Å². The molecule has 0 fully saturated rings. The number of nitrogens with zero attached hydrogens (tertiary/aromatic N) is 2. The molecule has 1 aliphatic heterocycles. The van der Waals surface area contributed by atoms with Crippen LogP contribution in [-0.4, -0.2) is 16.7 Å². The van der Waals surface area contributed by atoms with Gasteiger partial charge in [-0.2, -0.15) is 0 Å². The summed E-state index contributed by atoms with van der Waals surface area (Å²) in [5.41, 5.74) is 5.58. The molecule has 4 nitrogen and oxygen atoms in total. The number of benzene rings is 1. The van der Waals surface area contributed by atoms with Crippen molar-refractivity contribution < 1.29 is 4.74 Å². The lowest BCUT2D eigenvalue weighted by molar-refractivity contribution is 0.119. The second-order valence-electron chi connectivity index (χ2n) is 6.07. The van der Waals surface area contributed by atoms with Crippen LogP contribution < -0.4 is 5.56 Å². The maximum Gasteiger partial charge on any atom is 0.254 e. The van der Waals surface area contributed by atoms with Crippen LogP contribution >= 0.6 is 0 Å². The van der Waals surface area contributed by atoms with Crippen LogP contribution in [0.15, 0.2) is 41.2 Å². The fraction of sp³-hybridized carbons (Fsp3) is 0.263. The molecule has 2 aromatic heterocycles. The van der Waals surface area contributed by atoms with E-state index in [0.717, 1.165) is 39.0 Å². The first-order valence-corrected chi connectivity index (χ1v) is 7.76. The molecule has 4 heteroatoms. The van der Waals surface area contributed by atoms with E-state index in [4.69, 9.17) is 9.72 Å². The molecule has 0 spiro atoms. The first kappa shape index (κ1) is 14.2. The van der Waals surface area contributed by atoms with E-state index in [2.05, 4.69) is 18.2 Å². The minimum Gasteiger partial charge on any atom is -0.377 e. The number of pyridine rings is 2. The van der Waals surface area contributed by atoms with E-state index < -0.39 is 0 Å². The van der Waals surface area contributed by atoms with Gasteiger partial charge in [-0.05, 0) is 37.6 Å². The number of aromatic nitrogens is 2. The van der Waals surface area contributed by atoms with Crippen LogP contribution in [0.2, 0.25) is 0 Å². The molecule has 0 aliphatic carbocycles. The Bertz CT molecular complexity index is 989. The van der Waals surface area contributed by atoms with E-state index in [0.29, 0.717) is 6.54 Å². The normalized spacial score (nSPS) is 13.9. The molecule has 1 unspecified atom stereocenters. The predicted octanol–water partition coefficient (Wildman–Crippen LogP) is 3.44. The van der Waals surface area contributed by atoms with Gasteiger partial charge in [-0.1, -0.05) is 18.2 Å². The van der Waals surface area contributed by atoms with Gasteiger partial charge in [-0.15, -0.1) is 0 Å². The predicted molar refractivity (Wildman–Crippen MR) is 90.7 cm³/mol. The van der Waals surface area contributed by atoms with Gasteiger partial charge in [-0.3, -0.25) is 4.79 Å². The summed E-state index contributed by atoms with van der Waals surface area (Å²) >= 11 is 0. The fourth-order valence-electron chi connectivity index (χ4n) is 3.34. The summed E-state index contributed by atoms with van der Waals surface area (Å²) in [7, 11) is 1.66. The Balaban J connectivity index is 2.00. The standard InChI is InChI=1S/C19H18N2O2/c1-11-15(12(2)23-3)9-17-18-14(10-21(17)19(11)22)8-13-6-4-5-7-16(13)20-18/h4-9,12H,10H2,1-3H3. The van der Waals surface area contributed by atoms with Gasteiger partial charge in [0, 0.05) is 23.6 Å². The van der Waals surface area contributed by atoms with Gasteiger partial charge in [0.15, 0.2) is 0 Å². The highest BCUT2D eigenvalue weighted by Crippen LogP contribution is 2.33. The highest BCUT2D eigenvalue weighted by Gasteiger charge is 2.25. The first-order chi connectivity index (χ1) is 11.1. The molecule has 0 saturated carbocycles. The van der Waals surface area contributed by atoms with Crippen molar-refractivity contribution in [2.24, 2.45) is 0 Å². The molecule has 3 heterocycles. The Morgan fingerprint density at radius 3 is 2.83 bits per heavy atom. The smallest absolute Gasteiger partial charge is 0.254 e. The number of hydrogen-bond donors (Lipinski definition) is 0. The average molecular weight is 306 g/mol. The van der Waals surface area contributed by atoms with E-state index in [1.807, 2.05) is 36.6 Å². The topological polar surface area (TPSA) is 44.1 Å². The number of hydrogen-bond acceptors (Lipinski definition) is 3. The summed E-state index contributed by atoms with van der Waals surface area (Å²) in [5.74, 6) is 0. The number of fused-ring (bicyclic) bond motifs is 4. The van der Waals surface area contributed by atoms with Crippen molar-refractivity contribution in [1.82, 2.24) is 9.55 Å². The lowest BCUT2D eigenvalue weighted by Crippen LogP contribution is -2.23. The minimum atomic E-state index is -0.113. The zero-order valence-corrected chi connectivity index (χ0v) is 13.5. The Kier molecular flexibility index (Phi) is 3.10. The summed E-state index contributed by atoms with van der Waals surface area (Å²) in [6.45, 7) is 4.42. The second kappa shape index (κ2) is 5.03. The van der Waals surface area contributed by atoms with Crippen molar-refractivity contribution in [1.29, 1.82) is 0 Å². The van der Waals surface area contributed by atoms with Crippen LogP contribution in [0.1, 0.15) is 29.7 Å². The summed E-state index contributed by atoms with van der Waals surface area (Å²) < 4.78 is 7.24. The molecule has 0 amide bonds. The molecule has 1 atom stereocenters. The summed E-state index contributed by atoms with van der Waals surface area (Å²) in [6.07, 6.45) is -0.113. The van der Waals surface area contributed by atoms with Crippen LogP contribution in [-0.2, 0) is 11.3 Å². The van der Waals surface area contributed by atoms with E-state index in [1.54, 1.807) is 7.11 Å². The third-order valence-electron chi connectivity index (χ3n) is 4.75. The summed E-state index contributed by atoms with van der Waals surface area (Å²) in [6, 6.07) is 12.2. The number of para-hydroxylation sites is 1. The van der Waals surface area contributed by atoms with Gasteiger partial charge in [-0.25, -0.2) is 4.98 Å². The zero-order valence-electron chi connectivity index (χ0n) is 13.5. The van der Waals surface area contributed by atoms with Gasteiger partial charge in [0.25, 0.3) is 5.56 Å². The van der Waals surface area contributed by atoms with E-state index in [9.17, 15) is 4.79 Å². The highest BCUT2D eigenvalue weighted by atomic mass is 16.5. The van der Waals surface area contributed by atoms with Crippen molar-refractivity contribution in [3.05, 3.63) is 63.4 Å². The van der Waals surface area contributed by atoms with E-state index >= 15 is 0 Å². The van der Waals surface area contributed by atoms with Crippen molar-refractivity contribution in [3.8, 4) is 11.4 Å². The molecule has 1 aromatic carbocycles. The zero-order chi connectivity index (χ0) is 16.1. The minimum absolute atomic E-state index is 0.0449. The Morgan fingerprint density at radius 2 is 2.04 bits per heavy atom. The highest BCUT2D eigenvalue weighted by molar-refractivity contribution is 5.83. The van der Waals surface area contributed by atoms with Gasteiger partial charge >= 0.3 is 0 Å². The van der Waals surface area contributed by atoms with Crippen molar-refractivity contribution in [3.63, 3.8) is 0 Å². The largest absolute Gasteiger partial charge is 0.377 e. The van der Waals surface area contributed by atoms with Crippen molar-refractivity contribution >= 4 is 10.9 Å². The Hall–Kier alpha value is -2.46. The molecule has 0 saturated heterocycles. The Morgan fingerprint density at radius 1 is 1.26 bits per heavy atom. The van der Waals surface area contributed by atoms with E-state index in [-0.39, 0.29) is 11.7 Å². The maximum absolute atomic E-state index is 12.7. The molecular weight excluding hydrogens is 288 g/mol. The molecule has 0 radical (unpaired) electrons. The molecule has 23 heavy (non-hydrogen) atoms. The van der Waals surface area contributed by atoms with Gasteiger partial charge in [0.2, 0.25) is 0 Å². The third-order valence-corrected chi connectivity index (χ3v) is 4.75.